The van der Waals surface area contributed by atoms with Crippen LogP contribution in [0.1, 0.15) is 58.5 Å². The average molecular weight is 430 g/mol. The molecule has 2 heterocycles. The predicted molar refractivity (Wildman–Crippen MR) is 129 cm³/mol. The summed E-state index contributed by atoms with van der Waals surface area (Å²) < 4.78 is 1.96. The molecular weight excluding hydrogens is 398 g/mol. The van der Waals surface area contributed by atoms with Crippen molar-refractivity contribution in [3.8, 4) is 33.9 Å². The van der Waals surface area contributed by atoms with Crippen LogP contribution in [0, 0.1) is 6.92 Å². The first kappa shape index (κ1) is 21.9. The first-order valence-electron chi connectivity index (χ1n) is 10.9. The molecule has 166 valence electrons. The van der Waals surface area contributed by atoms with Gasteiger partial charge in [0.25, 0.3) is 0 Å². The molecule has 0 saturated heterocycles. The molecule has 0 unspecified atom stereocenters. The molecule has 0 aliphatic carbocycles. The van der Waals surface area contributed by atoms with Crippen LogP contribution in [0.3, 0.4) is 0 Å². The molecular formula is C27H31N3O2. The van der Waals surface area contributed by atoms with Crippen molar-refractivity contribution < 1.29 is 10.2 Å². The summed E-state index contributed by atoms with van der Waals surface area (Å²) in [5.74, 6) is 0.394. The molecule has 0 spiro atoms. The lowest BCUT2D eigenvalue weighted by Gasteiger charge is -2.28. The van der Waals surface area contributed by atoms with Gasteiger partial charge in [-0.15, -0.1) is 0 Å². The molecule has 0 atom stereocenters. The minimum atomic E-state index is -0.167. The number of hydrogen-bond acceptors (Lipinski definition) is 4. The van der Waals surface area contributed by atoms with E-state index in [0.717, 1.165) is 45.0 Å². The highest BCUT2D eigenvalue weighted by molar-refractivity contribution is 5.91. The Labute approximate surface area is 189 Å². The number of hydrogen-bond donors (Lipinski definition) is 2. The summed E-state index contributed by atoms with van der Waals surface area (Å²) >= 11 is 0. The van der Waals surface area contributed by atoms with Gasteiger partial charge in [0, 0.05) is 16.4 Å². The van der Waals surface area contributed by atoms with E-state index < -0.39 is 0 Å². The van der Waals surface area contributed by atoms with Gasteiger partial charge in [0.2, 0.25) is 0 Å². The summed E-state index contributed by atoms with van der Waals surface area (Å²) in [7, 11) is 0. The lowest BCUT2D eigenvalue weighted by molar-refractivity contribution is 0.475. The van der Waals surface area contributed by atoms with Crippen molar-refractivity contribution in [1.82, 2.24) is 14.6 Å². The fraction of sp³-hybridized carbons (Fsp3) is 0.333. The number of aromatic nitrogens is 3. The summed E-state index contributed by atoms with van der Waals surface area (Å²) in [5, 5.41) is 25.1. The van der Waals surface area contributed by atoms with E-state index in [1.165, 1.54) is 0 Å². The van der Waals surface area contributed by atoms with Gasteiger partial charge in [-0.25, -0.2) is 9.50 Å². The molecule has 0 aliphatic heterocycles. The lowest BCUT2D eigenvalue weighted by atomic mass is 9.82. The van der Waals surface area contributed by atoms with Crippen molar-refractivity contribution in [2.45, 2.75) is 59.3 Å². The average Bonchev–Trinajstić information content (AvgIpc) is 3.05. The number of benzene rings is 2. The molecule has 5 nitrogen and oxygen atoms in total. The van der Waals surface area contributed by atoms with Crippen LogP contribution in [0.4, 0.5) is 0 Å². The summed E-state index contributed by atoms with van der Waals surface area (Å²) in [4.78, 5) is 5.16. The van der Waals surface area contributed by atoms with Crippen molar-refractivity contribution in [2.24, 2.45) is 0 Å². The third-order valence-electron chi connectivity index (χ3n) is 5.70. The molecule has 2 aromatic carbocycles. The summed E-state index contributed by atoms with van der Waals surface area (Å²) in [6.07, 6.45) is 0. The molecule has 32 heavy (non-hydrogen) atoms. The van der Waals surface area contributed by atoms with Gasteiger partial charge >= 0.3 is 0 Å². The molecule has 0 amide bonds. The highest BCUT2D eigenvalue weighted by Gasteiger charge is 2.31. The second-order valence-corrected chi connectivity index (χ2v) is 10.5. The van der Waals surface area contributed by atoms with Crippen LogP contribution in [0.2, 0.25) is 0 Å². The third-order valence-corrected chi connectivity index (χ3v) is 5.70. The molecule has 0 aliphatic rings. The topological polar surface area (TPSA) is 70.7 Å². The van der Waals surface area contributed by atoms with Gasteiger partial charge < -0.3 is 10.2 Å². The molecule has 0 bridgehead atoms. The van der Waals surface area contributed by atoms with Gasteiger partial charge in [0.15, 0.2) is 5.65 Å². The first-order chi connectivity index (χ1) is 14.9. The molecule has 4 rings (SSSR count). The summed E-state index contributed by atoms with van der Waals surface area (Å²) in [6, 6.07) is 14.3. The zero-order chi connectivity index (χ0) is 23.4. The quantitative estimate of drug-likeness (QED) is 0.388. The van der Waals surface area contributed by atoms with E-state index in [-0.39, 0.29) is 22.3 Å². The monoisotopic (exact) mass is 429 g/mol. The van der Waals surface area contributed by atoms with Crippen LogP contribution in [0.15, 0.2) is 48.5 Å². The largest absolute Gasteiger partial charge is 0.508 e. The molecule has 0 fully saturated rings. The maximum atomic E-state index is 10.1. The van der Waals surface area contributed by atoms with Crippen molar-refractivity contribution in [1.29, 1.82) is 0 Å². The standard InChI is InChI=1S/C27H31N3O2/c1-16-23(26(2,3)4)28-25-21(17-11-13-19(31)14-12-17)22(18-9-8-10-20(32)15-18)29-30(25)24(16)27(5,6)7/h8-15,31-32H,1-7H3. The zero-order valence-electron chi connectivity index (χ0n) is 19.9. The fourth-order valence-corrected chi connectivity index (χ4v) is 4.49. The smallest absolute Gasteiger partial charge is 0.164 e. The van der Waals surface area contributed by atoms with Gasteiger partial charge in [-0.1, -0.05) is 65.8 Å². The van der Waals surface area contributed by atoms with Crippen LogP contribution >= 0.6 is 0 Å². The van der Waals surface area contributed by atoms with E-state index in [1.807, 2.05) is 28.8 Å². The predicted octanol–water partition coefficient (Wildman–Crippen LogP) is 6.38. The lowest BCUT2D eigenvalue weighted by Crippen LogP contribution is -2.25. The van der Waals surface area contributed by atoms with Crippen molar-refractivity contribution in [3.05, 3.63) is 65.5 Å². The van der Waals surface area contributed by atoms with Gasteiger partial charge in [0.05, 0.1) is 17.0 Å². The van der Waals surface area contributed by atoms with Crippen LogP contribution in [-0.4, -0.2) is 24.8 Å². The van der Waals surface area contributed by atoms with Crippen molar-refractivity contribution in [2.75, 3.05) is 0 Å². The Morgan fingerprint density at radius 1 is 0.781 bits per heavy atom. The van der Waals surface area contributed by atoms with E-state index in [9.17, 15) is 10.2 Å². The molecule has 2 N–H and O–H groups in total. The van der Waals surface area contributed by atoms with Crippen LogP contribution in [-0.2, 0) is 10.8 Å². The second-order valence-electron chi connectivity index (χ2n) is 10.5. The molecule has 2 aromatic heterocycles. The van der Waals surface area contributed by atoms with Crippen molar-refractivity contribution in [3.63, 3.8) is 0 Å². The van der Waals surface area contributed by atoms with E-state index in [1.54, 1.807) is 24.3 Å². The third kappa shape index (κ3) is 3.72. The number of phenols is 2. The van der Waals surface area contributed by atoms with Crippen LogP contribution in [0.25, 0.3) is 28.0 Å². The number of fused-ring (bicyclic) bond motifs is 1. The fourth-order valence-electron chi connectivity index (χ4n) is 4.49. The summed E-state index contributed by atoms with van der Waals surface area (Å²) in [5.41, 5.74) is 7.10. The molecule has 5 heteroatoms. The number of aromatic hydroxyl groups is 2. The van der Waals surface area contributed by atoms with Gasteiger partial charge in [-0.3, -0.25) is 0 Å². The second kappa shape index (κ2) is 7.37. The SMILES string of the molecule is Cc1c(C(C)(C)C)nc2c(-c3ccc(O)cc3)c(-c3cccc(O)c3)nn2c1C(C)(C)C. The Morgan fingerprint density at radius 3 is 2.00 bits per heavy atom. The van der Waals surface area contributed by atoms with Gasteiger partial charge in [-0.2, -0.15) is 5.10 Å². The van der Waals surface area contributed by atoms with Crippen LogP contribution in [0.5, 0.6) is 11.5 Å². The van der Waals surface area contributed by atoms with Crippen molar-refractivity contribution >= 4 is 5.65 Å². The molecule has 0 radical (unpaired) electrons. The summed E-state index contributed by atoms with van der Waals surface area (Å²) in [6.45, 7) is 15.2. The Kier molecular flexibility index (Phi) is 5.04. The Hall–Kier alpha value is -3.34. The molecule has 4 aromatic rings. The van der Waals surface area contributed by atoms with Gasteiger partial charge in [-0.05, 0) is 42.3 Å². The first-order valence-corrected chi connectivity index (χ1v) is 10.9. The van der Waals surface area contributed by atoms with Crippen LogP contribution < -0.4 is 0 Å². The van der Waals surface area contributed by atoms with E-state index in [4.69, 9.17) is 10.1 Å². The van der Waals surface area contributed by atoms with E-state index in [2.05, 4.69) is 48.5 Å². The normalized spacial score (nSPS) is 12.5. The maximum Gasteiger partial charge on any atom is 0.164 e. The Bertz CT molecular complexity index is 1300. The van der Waals surface area contributed by atoms with E-state index in [0.29, 0.717) is 0 Å². The minimum Gasteiger partial charge on any atom is -0.508 e. The molecule has 0 saturated carbocycles. The maximum absolute atomic E-state index is 10.1. The Balaban J connectivity index is 2.21. The zero-order valence-corrected chi connectivity index (χ0v) is 19.9. The van der Waals surface area contributed by atoms with Gasteiger partial charge in [0.1, 0.15) is 17.2 Å². The number of nitrogens with zero attached hydrogens (tertiary/aromatic N) is 3. The Morgan fingerprint density at radius 2 is 1.44 bits per heavy atom. The highest BCUT2D eigenvalue weighted by atomic mass is 16.3. The van der Waals surface area contributed by atoms with E-state index >= 15 is 0 Å². The number of phenolic OH excluding ortho intramolecular Hbond substituents is 2. The number of rotatable bonds is 2. The minimum absolute atomic E-state index is 0.145. The highest BCUT2D eigenvalue weighted by Crippen LogP contribution is 2.40.